The molecule has 0 radical (unpaired) electrons. The quantitative estimate of drug-likeness (QED) is 0.892. The van der Waals surface area contributed by atoms with Crippen LogP contribution in [-0.2, 0) is 0 Å². The molecule has 4 rings (SSSR count). The van der Waals surface area contributed by atoms with Gasteiger partial charge >= 0.3 is 0 Å². The monoisotopic (exact) mass is 372 g/mol. The predicted molar refractivity (Wildman–Crippen MR) is 108 cm³/mol. The summed E-state index contributed by atoms with van der Waals surface area (Å²) in [4.78, 5) is 22.2. The second-order valence-corrected chi connectivity index (χ2v) is 8.80. The third-order valence-electron chi connectivity index (χ3n) is 5.40. The Labute approximate surface area is 159 Å². The first-order valence-electron chi connectivity index (χ1n) is 9.80. The fraction of sp³-hybridized carbons (Fsp3) is 0.600. The maximum absolute atomic E-state index is 12.2. The molecule has 3 heterocycles. The molecular weight excluding hydrogens is 344 g/mol. The van der Waals surface area contributed by atoms with Crippen molar-refractivity contribution in [3.8, 4) is 0 Å². The fourth-order valence-electron chi connectivity index (χ4n) is 4.03. The number of anilines is 1. The van der Waals surface area contributed by atoms with Gasteiger partial charge in [0.2, 0.25) is 0 Å². The Morgan fingerprint density at radius 2 is 2.04 bits per heavy atom. The Morgan fingerprint density at radius 3 is 2.81 bits per heavy atom. The van der Waals surface area contributed by atoms with Gasteiger partial charge in [-0.2, -0.15) is 0 Å². The summed E-state index contributed by atoms with van der Waals surface area (Å²) in [6, 6.07) is 6.65. The number of hydrogen-bond donors (Lipinski definition) is 1. The zero-order chi connectivity index (χ0) is 18.1. The van der Waals surface area contributed by atoms with Crippen LogP contribution in [0, 0.1) is 0 Å². The van der Waals surface area contributed by atoms with Crippen LogP contribution in [0.15, 0.2) is 18.2 Å². The maximum atomic E-state index is 12.2. The molecular formula is C20H28N4OS. The van der Waals surface area contributed by atoms with E-state index in [1.807, 2.05) is 32.0 Å². The SMILES string of the molecule is CC(C)NC(=O)c1ccc2nc(N3CCC(N4CCCCC4)C3)sc2c1. The first-order chi connectivity index (χ1) is 12.6. The summed E-state index contributed by atoms with van der Waals surface area (Å²) in [7, 11) is 0. The molecule has 0 aliphatic carbocycles. The number of rotatable bonds is 4. The van der Waals surface area contributed by atoms with Crippen molar-refractivity contribution in [1.82, 2.24) is 15.2 Å². The number of aromatic nitrogens is 1. The molecule has 2 aromatic rings. The van der Waals surface area contributed by atoms with E-state index in [1.165, 1.54) is 38.8 Å². The second-order valence-electron chi connectivity index (χ2n) is 7.79. The number of amides is 1. The number of hydrogen-bond acceptors (Lipinski definition) is 5. The van der Waals surface area contributed by atoms with Crippen molar-refractivity contribution < 1.29 is 4.79 Å². The van der Waals surface area contributed by atoms with Crippen molar-refractivity contribution in [2.24, 2.45) is 0 Å². The van der Waals surface area contributed by atoms with E-state index in [4.69, 9.17) is 4.98 Å². The van der Waals surface area contributed by atoms with Crippen LogP contribution in [0.3, 0.4) is 0 Å². The highest BCUT2D eigenvalue weighted by Crippen LogP contribution is 2.32. The van der Waals surface area contributed by atoms with E-state index in [0.717, 1.165) is 28.4 Å². The van der Waals surface area contributed by atoms with Gasteiger partial charge in [-0.1, -0.05) is 17.8 Å². The van der Waals surface area contributed by atoms with Crippen molar-refractivity contribution in [3.05, 3.63) is 23.8 Å². The van der Waals surface area contributed by atoms with E-state index >= 15 is 0 Å². The fourth-order valence-corrected chi connectivity index (χ4v) is 5.07. The van der Waals surface area contributed by atoms with Gasteiger partial charge in [-0.05, 0) is 64.4 Å². The molecule has 0 spiro atoms. The number of nitrogens with zero attached hydrogens (tertiary/aromatic N) is 3. The Morgan fingerprint density at radius 1 is 1.23 bits per heavy atom. The van der Waals surface area contributed by atoms with Crippen LogP contribution < -0.4 is 10.2 Å². The lowest BCUT2D eigenvalue weighted by atomic mass is 10.1. The van der Waals surface area contributed by atoms with E-state index in [2.05, 4.69) is 15.1 Å². The lowest BCUT2D eigenvalue weighted by Gasteiger charge is -2.32. The molecule has 1 atom stereocenters. The van der Waals surface area contributed by atoms with Crippen LogP contribution in [0.1, 0.15) is 49.9 Å². The number of thiazole rings is 1. The lowest BCUT2D eigenvalue weighted by Crippen LogP contribution is -2.40. The Hall–Kier alpha value is -1.66. The van der Waals surface area contributed by atoms with Crippen LogP contribution in [0.5, 0.6) is 0 Å². The highest BCUT2D eigenvalue weighted by Gasteiger charge is 2.30. The molecule has 2 aliphatic heterocycles. The van der Waals surface area contributed by atoms with Crippen molar-refractivity contribution in [1.29, 1.82) is 0 Å². The summed E-state index contributed by atoms with van der Waals surface area (Å²) >= 11 is 1.71. The number of likely N-dealkylation sites (tertiary alicyclic amines) is 1. The molecule has 1 N–H and O–H groups in total. The van der Waals surface area contributed by atoms with Crippen molar-refractivity contribution >= 4 is 32.6 Å². The smallest absolute Gasteiger partial charge is 0.251 e. The predicted octanol–water partition coefficient (Wildman–Crippen LogP) is 3.50. The van der Waals surface area contributed by atoms with Gasteiger partial charge in [0.25, 0.3) is 5.91 Å². The van der Waals surface area contributed by atoms with Gasteiger partial charge in [0, 0.05) is 30.7 Å². The van der Waals surface area contributed by atoms with E-state index in [1.54, 1.807) is 11.3 Å². The summed E-state index contributed by atoms with van der Waals surface area (Å²) in [5.74, 6) is -0.0109. The van der Waals surface area contributed by atoms with Crippen molar-refractivity contribution in [3.63, 3.8) is 0 Å². The van der Waals surface area contributed by atoms with Gasteiger partial charge in [-0.3, -0.25) is 9.69 Å². The molecule has 2 fully saturated rings. The van der Waals surface area contributed by atoms with Crippen LogP contribution in [0.4, 0.5) is 5.13 Å². The molecule has 5 nitrogen and oxygen atoms in total. The molecule has 0 saturated carbocycles. The molecule has 26 heavy (non-hydrogen) atoms. The summed E-state index contributed by atoms with van der Waals surface area (Å²) < 4.78 is 1.10. The van der Waals surface area contributed by atoms with E-state index < -0.39 is 0 Å². The lowest BCUT2D eigenvalue weighted by molar-refractivity contribution is 0.0943. The standard InChI is InChI=1S/C20H28N4OS/c1-14(2)21-19(25)15-6-7-17-18(12-15)26-20(22-17)24-11-8-16(13-24)23-9-4-3-5-10-23/h6-7,12,14,16H,3-5,8-11,13H2,1-2H3,(H,21,25). The number of fused-ring (bicyclic) bond motifs is 1. The second kappa shape index (κ2) is 7.53. The third kappa shape index (κ3) is 3.71. The van der Waals surface area contributed by atoms with E-state index in [9.17, 15) is 4.79 Å². The molecule has 6 heteroatoms. The molecule has 2 aliphatic rings. The Kier molecular flexibility index (Phi) is 5.14. The minimum Gasteiger partial charge on any atom is -0.350 e. The van der Waals surface area contributed by atoms with Gasteiger partial charge in [-0.15, -0.1) is 0 Å². The summed E-state index contributed by atoms with van der Waals surface area (Å²) in [6.45, 7) is 8.64. The molecule has 140 valence electrons. The number of benzene rings is 1. The number of nitrogens with one attached hydrogen (secondary N) is 1. The average molecular weight is 373 g/mol. The van der Waals surface area contributed by atoms with Crippen LogP contribution >= 0.6 is 11.3 Å². The van der Waals surface area contributed by atoms with Gasteiger partial charge in [0.1, 0.15) is 0 Å². The first kappa shape index (κ1) is 17.7. The normalized spacial score (nSPS) is 21.7. The van der Waals surface area contributed by atoms with Crippen LogP contribution in [0.2, 0.25) is 0 Å². The molecule has 1 aromatic heterocycles. The summed E-state index contributed by atoms with van der Waals surface area (Å²) in [5, 5.41) is 4.06. The topological polar surface area (TPSA) is 48.5 Å². The first-order valence-corrected chi connectivity index (χ1v) is 10.6. The molecule has 2 saturated heterocycles. The molecule has 1 amide bonds. The number of carbonyl (C=O) groups excluding carboxylic acids is 1. The maximum Gasteiger partial charge on any atom is 0.251 e. The van der Waals surface area contributed by atoms with Gasteiger partial charge in [0.15, 0.2) is 5.13 Å². The van der Waals surface area contributed by atoms with Crippen LogP contribution in [-0.4, -0.2) is 54.1 Å². The van der Waals surface area contributed by atoms with E-state index in [-0.39, 0.29) is 11.9 Å². The summed E-state index contributed by atoms with van der Waals surface area (Å²) in [6.07, 6.45) is 5.31. The minimum atomic E-state index is -0.0109. The summed E-state index contributed by atoms with van der Waals surface area (Å²) in [5.41, 5.74) is 1.71. The third-order valence-corrected chi connectivity index (χ3v) is 6.48. The van der Waals surface area contributed by atoms with Crippen LogP contribution in [0.25, 0.3) is 10.2 Å². The molecule has 1 aromatic carbocycles. The Bertz CT molecular complexity index is 781. The molecule has 1 unspecified atom stereocenters. The van der Waals surface area contributed by atoms with Crippen molar-refractivity contribution in [2.45, 2.75) is 51.6 Å². The largest absolute Gasteiger partial charge is 0.350 e. The minimum absolute atomic E-state index is 0.0109. The van der Waals surface area contributed by atoms with Crippen molar-refractivity contribution in [2.75, 3.05) is 31.1 Å². The Balaban J connectivity index is 1.48. The van der Waals surface area contributed by atoms with E-state index in [0.29, 0.717) is 11.6 Å². The van der Waals surface area contributed by atoms with Gasteiger partial charge < -0.3 is 10.2 Å². The highest BCUT2D eigenvalue weighted by molar-refractivity contribution is 7.22. The highest BCUT2D eigenvalue weighted by atomic mass is 32.1. The van der Waals surface area contributed by atoms with Gasteiger partial charge in [-0.25, -0.2) is 4.98 Å². The zero-order valence-electron chi connectivity index (χ0n) is 15.7. The number of piperidine rings is 1. The zero-order valence-corrected chi connectivity index (χ0v) is 16.5. The van der Waals surface area contributed by atoms with Gasteiger partial charge in [0.05, 0.1) is 10.2 Å². The number of carbonyl (C=O) groups is 1. The molecule has 0 bridgehead atoms. The average Bonchev–Trinajstić information content (AvgIpc) is 3.28.